The third-order valence-corrected chi connectivity index (χ3v) is 2.78. The molecule has 15 heavy (non-hydrogen) atoms. The zero-order valence-electron chi connectivity index (χ0n) is 8.73. The molecule has 2 rings (SSSR count). The number of ether oxygens (including phenoxy) is 1. The van der Waals surface area contributed by atoms with Gasteiger partial charge in [0.05, 0.1) is 6.20 Å². The number of hydrogen-bond donors (Lipinski definition) is 2. The maximum absolute atomic E-state index is 6.04. The van der Waals surface area contributed by atoms with Gasteiger partial charge in [0, 0.05) is 12.2 Å². The quantitative estimate of drug-likeness (QED) is 0.750. The summed E-state index contributed by atoms with van der Waals surface area (Å²) in [4.78, 5) is 3.98. The minimum absolute atomic E-state index is 0.111. The summed E-state index contributed by atoms with van der Waals surface area (Å²) in [5.74, 6) is 1.33. The second kappa shape index (κ2) is 5.09. The van der Waals surface area contributed by atoms with Crippen molar-refractivity contribution in [1.29, 1.82) is 0 Å². The van der Waals surface area contributed by atoms with Crippen LogP contribution < -0.4 is 15.8 Å². The highest BCUT2D eigenvalue weighted by molar-refractivity contribution is 5.15. The van der Waals surface area contributed by atoms with E-state index in [1.165, 1.54) is 0 Å². The van der Waals surface area contributed by atoms with Crippen molar-refractivity contribution in [2.75, 3.05) is 19.7 Å². The van der Waals surface area contributed by atoms with E-state index in [9.17, 15) is 0 Å². The molecule has 1 fully saturated rings. The van der Waals surface area contributed by atoms with Gasteiger partial charge in [-0.15, -0.1) is 0 Å². The predicted octanol–water partition coefficient (Wildman–Crippen LogP) is 0.397. The fourth-order valence-electron chi connectivity index (χ4n) is 1.80. The third kappa shape index (κ3) is 2.91. The molecule has 0 aliphatic carbocycles. The van der Waals surface area contributed by atoms with Crippen LogP contribution in [0.5, 0.6) is 5.75 Å². The third-order valence-electron chi connectivity index (χ3n) is 2.78. The molecule has 1 aromatic rings. The number of nitrogens with two attached hydrogens (primary N) is 1. The number of hydrogen-bond acceptors (Lipinski definition) is 4. The highest BCUT2D eigenvalue weighted by atomic mass is 16.5. The zero-order valence-corrected chi connectivity index (χ0v) is 8.73. The lowest BCUT2D eigenvalue weighted by atomic mass is 10.0. The molecule has 0 radical (unpaired) electrons. The Hall–Kier alpha value is -1.13. The molecule has 3 N–H and O–H groups in total. The fraction of sp³-hybridized carbons (Fsp3) is 0.545. The van der Waals surface area contributed by atoms with Gasteiger partial charge in [-0.3, -0.25) is 4.98 Å². The minimum atomic E-state index is 0.111. The normalized spacial score (nSPS) is 22.6. The van der Waals surface area contributed by atoms with Gasteiger partial charge in [-0.05, 0) is 37.6 Å². The van der Waals surface area contributed by atoms with Gasteiger partial charge in [0.15, 0.2) is 0 Å². The number of pyridine rings is 1. The molecule has 1 aromatic heterocycles. The van der Waals surface area contributed by atoms with Crippen LogP contribution in [0.3, 0.4) is 0 Å². The van der Waals surface area contributed by atoms with Crippen molar-refractivity contribution >= 4 is 0 Å². The number of nitrogens with zero attached hydrogens (tertiary/aromatic N) is 1. The van der Waals surface area contributed by atoms with E-state index in [2.05, 4.69) is 10.3 Å². The SMILES string of the molecule is NC(COc1cccnc1)C1CCNC1. The first kappa shape index (κ1) is 10.4. The topological polar surface area (TPSA) is 60.2 Å². The molecule has 4 nitrogen and oxygen atoms in total. The molecule has 0 saturated carbocycles. The maximum Gasteiger partial charge on any atom is 0.137 e. The van der Waals surface area contributed by atoms with E-state index in [0.717, 1.165) is 25.3 Å². The monoisotopic (exact) mass is 207 g/mol. The molecule has 2 heterocycles. The molecule has 1 aliphatic heterocycles. The Labute approximate surface area is 89.8 Å². The molecular weight excluding hydrogens is 190 g/mol. The van der Waals surface area contributed by atoms with Crippen LogP contribution >= 0.6 is 0 Å². The van der Waals surface area contributed by atoms with Gasteiger partial charge in [0.1, 0.15) is 12.4 Å². The van der Waals surface area contributed by atoms with E-state index in [0.29, 0.717) is 12.5 Å². The summed E-state index contributed by atoms with van der Waals surface area (Å²) < 4.78 is 5.56. The van der Waals surface area contributed by atoms with Gasteiger partial charge in [0.2, 0.25) is 0 Å². The van der Waals surface area contributed by atoms with E-state index >= 15 is 0 Å². The molecule has 82 valence electrons. The first-order chi connectivity index (χ1) is 7.36. The summed E-state index contributed by atoms with van der Waals surface area (Å²) in [7, 11) is 0. The molecule has 0 aromatic carbocycles. The predicted molar refractivity (Wildman–Crippen MR) is 58.7 cm³/mol. The Balaban J connectivity index is 1.77. The molecule has 1 saturated heterocycles. The molecule has 0 spiro atoms. The minimum Gasteiger partial charge on any atom is -0.490 e. The van der Waals surface area contributed by atoms with Crippen LogP contribution in [-0.2, 0) is 0 Å². The average molecular weight is 207 g/mol. The smallest absolute Gasteiger partial charge is 0.137 e. The van der Waals surface area contributed by atoms with Gasteiger partial charge < -0.3 is 15.8 Å². The van der Waals surface area contributed by atoms with E-state index in [4.69, 9.17) is 10.5 Å². The van der Waals surface area contributed by atoms with Gasteiger partial charge in [-0.2, -0.15) is 0 Å². The van der Waals surface area contributed by atoms with Crippen molar-refractivity contribution in [3.63, 3.8) is 0 Å². The average Bonchev–Trinajstić information content (AvgIpc) is 2.81. The largest absolute Gasteiger partial charge is 0.490 e. The van der Waals surface area contributed by atoms with Crippen LogP contribution in [-0.4, -0.2) is 30.7 Å². The van der Waals surface area contributed by atoms with Gasteiger partial charge in [-0.1, -0.05) is 0 Å². The van der Waals surface area contributed by atoms with E-state index in [1.54, 1.807) is 12.4 Å². The van der Waals surface area contributed by atoms with Crippen LogP contribution in [0, 0.1) is 5.92 Å². The van der Waals surface area contributed by atoms with Crippen molar-refractivity contribution in [1.82, 2.24) is 10.3 Å². The lowest BCUT2D eigenvalue weighted by Crippen LogP contribution is -2.37. The summed E-state index contributed by atoms with van der Waals surface area (Å²) in [6.07, 6.45) is 4.59. The summed E-state index contributed by atoms with van der Waals surface area (Å²) in [5, 5.41) is 3.30. The van der Waals surface area contributed by atoms with E-state index in [-0.39, 0.29) is 6.04 Å². The second-order valence-electron chi connectivity index (χ2n) is 3.92. The summed E-state index contributed by atoms with van der Waals surface area (Å²) in [6.45, 7) is 2.65. The van der Waals surface area contributed by atoms with E-state index in [1.807, 2.05) is 12.1 Å². The van der Waals surface area contributed by atoms with Gasteiger partial charge in [-0.25, -0.2) is 0 Å². The van der Waals surface area contributed by atoms with Crippen LogP contribution in [0.1, 0.15) is 6.42 Å². The summed E-state index contributed by atoms with van der Waals surface area (Å²) in [5.41, 5.74) is 6.04. The Morgan fingerprint density at radius 1 is 1.67 bits per heavy atom. The molecule has 0 amide bonds. The molecule has 2 atom stereocenters. The van der Waals surface area contributed by atoms with Crippen molar-refractivity contribution in [3.8, 4) is 5.75 Å². The number of aromatic nitrogens is 1. The van der Waals surface area contributed by atoms with Crippen LogP contribution in [0.4, 0.5) is 0 Å². The van der Waals surface area contributed by atoms with Crippen molar-refractivity contribution < 1.29 is 4.74 Å². The van der Waals surface area contributed by atoms with Gasteiger partial charge >= 0.3 is 0 Å². The standard InChI is InChI=1S/C11H17N3O/c12-11(9-3-5-14-6-9)8-15-10-2-1-4-13-7-10/h1-2,4,7,9,11,14H,3,5-6,8,12H2. The maximum atomic E-state index is 6.04. The Bertz CT molecular complexity index is 285. The number of rotatable bonds is 4. The summed E-state index contributed by atoms with van der Waals surface area (Å²) in [6, 6.07) is 3.87. The lowest BCUT2D eigenvalue weighted by Gasteiger charge is -2.18. The van der Waals surface area contributed by atoms with Crippen LogP contribution in [0.2, 0.25) is 0 Å². The van der Waals surface area contributed by atoms with Crippen molar-refractivity contribution in [2.24, 2.45) is 11.7 Å². The number of nitrogens with one attached hydrogen (secondary N) is 1. The summed E-state index contributed by atoms with van der Waals surface area (Å²) >= 11 is 0. The molecular formula is C11H17N3O. The van der Waals surface area contributed by atoms with Gasteiger partial charge in [0.25, 0.3) is 0 Å². The van der Waals surface area contributed by atoms with E-state index < -0.39 is 0 Å². The Morgan fingerprint density at radius 2 is 2.60 bits per heavy atom. The fourth-order valence-corrected chi connectivity index (χ4v) is 1.80. The second-order valence-corrected chi connectivity index (χ2v) is 3.92. The van der Waals surface area contributed by atoms with Crippen molar-refractivity contribution in [3.05, 3.63) is 24.5 Å². The van der Waals surface area contributed by atoms with Crippen LogP contribution in [0.15, 0.2) is 24.5 Å². The highest BCUT2D eigenvalue weighted by Gasteiger charge is 2.21. The molecule has 1 aliphatic rings. The zero-order chi connectivity index (χ0) is 10.5. The Morgan fingerprint density at radius 3 is 3.27 bits per heavy atom. The van der Waals surface area contributed by atoms with Crippen molar-refractivity contribution in [2.45, 2.75) is 12.5 Å². The lowest BCUT2D eigenvalue weighted by molar-refractivity contribution is 0.252. The Kier molecular flexibility index (Phi) is 3.53. The molecule has 4 heteroatoms. The molecule has 0 bridgehead atoms. The van der Waals surface area contributed by atoms with Crippen LogP contribution in [0.25, 0.3) is 0 Å². The highest BCUT2D eigenvalue weighted by Crippen LogP contribution is 2.13. The first-order valence-electron chi connectivity index (χ1n) is 5.35. The first-order valence-corrected chi connectivity index (χ1v) is 5.35. The molecule has 2 unspecified atom stereocenters.